The van der Waals surface area contributed by atoms with Gasteiger partial charge in [0.05, 0.1) is 11.5 Å². The number of amides is 1. The van der Waals surface area contributed by atoms with Gasteiger partial charge in [0.15, 0.2) is 23.2 Å². The highest BCUT2D eigenvalue weighted by molar-refractivity contribution is 7.80. The maximum atomic E-state index is 13.1. The van der Waals surface area contributed by atoms with Crippen molar-refractivity contribution < 1.29 is 36.4 Å². The summed E-state index contributed by atoms with van der Waals surface area (Å²) < 4.78 is 44.9. The molecule has 1 saturated heterocycles. The van der Waals surface area contributed by atoms with Crippen LogP contribution in [0.2, 0.25) is 0 Å². The van der Waals surface area contributed by atoms with Crippen molar-refractivity contribution in [2.45, 2.75) is 25.8 Å². The summed E-state index contributed by atoms with van der Waals surface area (Å²) in [6, 6.07) is 11.0. The van der Waals surface area contributed by atoms with E-state index in [4.69, 9.17) is 25.6 Å². The summed E-state index contributed by atoms with van der Waals surface area (Å²) in [6.45, 7) is 3.02. The van der Waals surface area contributed by atoms with Crippen molar-refractivity contribution in [1.82, 2.24) is 14.4 Å². The molecule has 1 atom stereocenters. The molecule has 16 heteroatoms. The Balaban J connectivity index is 1.40. The van der Waals surface area contributed by atoms with E-state index in [0.29, 0.717) is 16.5 Å². The van der Waals surface area contributed by atoms with Crippen molar-refractivity contribution in [2.75, 3.05) is 24.7 Å². The van der Waals surface area contributed by atoms with E-state index in [0.717, 1.165) is 22.3 Å². The first-order valence-corrected chi connectivity index (χ1v) is 13.3. The molecular formula is C22H24N6O8S2. The Morgan fingerprint density at radius 2 is 2.00 bits per heavy atom. The van der Waals surface area contributed by atoms with Gasteiger partial charge in [0, 0.05) is 29.0 Å². The predicted octanol–water partition coefficient (Wildman–Crippen LogP) is 1.59. The van der Waals surface area contributed by atoms with E-state index in [1.807, 2.05) is 30.3 Å². The Morgan fingerprint density at radius 1 is 1.24 bits per heavy atom. The van der Waals surface area contributed by atoms with E-state index in [9.17, 15) is 18.0 Å². The number of hydrogen-bond donors (Lipinski definition) is 3. The van der Waals surface area contributed by atoms with Crippen LogP contribution in [0.25, 0.3) is 10.8 Å². The molecule has 3 aromatic rings. The van der Waals surface area contributed by atoms with Crippen molar-refractivity contribution in [1.29, 1.82) is 0 Å². The highest BCUT2D eigenvalue weighted by Gasteiger charge is 2.57. The number of nitrogens with two attached hydrogens (primary N) is 2. The fourth-order valence-electron chi connectivity index (χ4n) is 3.88. The van der Waals surface area contributed by atoms with Gasteiger partial charge in [-0.3, -0.25) is 14.1 Å². The fraction of sp³-hybridized carbons (Fsp3) is 0.318. The second-order valence-corrected chi connectivity index (χ2v) is 10.6. The summed E-state index contributed by atoms with van der Waals surface area (Å²) in [6.07, 6.45) is -0.380. The molecule has 0 spiro atoms. The van der Waals surface area contributed by atoms with Gasteiger partial charge in [0.2, 0.25) is 5.82 Å². The molecule has 0 aliphatic carbocycles. The average molecular weight is 565 g/mol. The lowest BCUT2D eigenvalue weighted by Crippen LogP contribution is -2.68. The summed E-state index contributed by atoms with van der Waals surface area (Å²) in [4.78, 5) is 34.7. The molecule has 1 amide bonds. The van der Waals surface area contributed by atoms with Gasteiger partial charge in [0.25, 0.3) is 5.91 Å². The average Bonchev–Trinajstić information content (AvgIpc) is 3.28. The van der Waals surface area contributed by atoms with Crippen molar-refractivity contribution in [3.05, 3.63) is 42.2 Å². The number of rotatable bonds is 11. The van der Waals surface area contributed by atoms with Gasteiger partial charge in [-0.1, -0.05) is 17.3 Å². The molecule has 2 heterocycles. The van der Waals surface area contributed by atoms with E-state index in [1.54, 1.807) is 6.07 Å². The molecule has 38 heavy (non-hydrogen) atoms. The Kier molecular flexibility index (Phi) is 7.50. The summed E-state index contributed by atoms with van der Waals surface area (Å²) >= 11 is 0.843. The van der Waals surface area contributed by atoms with Gasteiger partial charge in [-0.2, -0.15) is 22.8 Å². The number of hydroxylamine groups is 2. The van der Waals surface area contributed by atoms with Crippen molar-refractivity contribution >= 4 is 60.9 Å². The second kappa shape index (κ2) is 10.5. The van der Waals surface area contributed by atoms with Gasteiger partial charge in [-0.05, 0) is 43.5 Å². The standard InChI is InChI=1S/C22H24N6O8S2/c1-22(2)15(20(30)28(22)36-38(31,32)33)11-17(29)18(19-25-21(24)37-27-19)26-35-9-8-34-13-6-7-14-12(10-13)4-3-5-16(14)23/h3-7,10,15H,8-9,11,23H2,1-2H3,(H2,24,25,27)(H,31,32,33)/b26-18+. The van der Waals surface area contributed by atoms with Gasteiger partial charge in [-0.15, -0.1) is 4.28 Å². The van der Waals surface area contributed by atoms with Crippen LogP contribution in [-0.4, -0.2) is 63.5 Å². The zero-order valence-electron chi connectivity index (χ0n) is 20.2. The molecule has 14 nitrogen and oxygen atoms in total. The maximum absolute atomic E-state index is 13.1. The zero-order valence-corrected chi connectivity index (χ0v) is 21.9. The third-order valence-corrected chi connectivity index (χ3v) is 6.72. The Labute approximate surface area is 221 Å². The number of benzene rings is 2. The number of hydrogen-bond acceptors (Lipinski definition) is 13. The van der Waals surface area contributed by atoms with Crippen molar-refractivity contribution in [2.24, 2.45) is 11.1 Å². The number of ether oxygens (including phenoxy) is 1. The summed E-state index contributed by atoms with van der Waals surface area (Å²) in [5, 5.41) is 6.26. The molecule has 0 bridgehead atoms. The quantitative estimate of drug-likeness (QED) is 0.0757. The van der Waals surface area contributed by atoms with Gasteiger partial charge in [-0.25, -0.2) is 0 Å². The number of anilines is 2. The molecule has 1 aliphatic heterocycles. The normalized spacial score (nSPS) is 17.3. The number of fused-ring (bicyclic) bond motifs is 1. The lowest BCUT2D eigenvalue weighted by Gasteiger charge is -2.50. The second-order valence-electron chi connectivity index (χ2n) is 8.78. The highest BCUT2D eigenvalue weighted by atomic mass is 32.3. The number of β-lactam (4-membered cyclic amide) rings is 1. The first-order valence-electron chi connectivity index (χ1n) is 11.1. The lowest BCUT2D eigenvalue weighted by molar-refractivity contribution is -0.228. The van der Waals surface area contributed by atoms with Crippen LogP contribution in [-0.2, 0) is 29.1 Å². The number of ketones is 1. The summed E-state index contributed by atoms with van der Waals surface area (Å²) in [7, 11) is -4.92. The third-order valence-electron chi connectivity index (χ3n) is 5.84. The van der Waals surface area contributed by atoms with Crippen molar-refractivity contribution in [3.8, 4) is 5.75 Å². The number of nitrogens with zero attached hydrogens (tertiary/aromatic N) is 4. The zero-order chi connectivity index (χ0) is 27.7. The minimum atomic E-state index is -4.92. The molecule has 0 saturated carbocycles. The molecule has 2 aromatic carbocycles. The minimum absolute atomic E-state index is 0.0325. The SMILES string of the molecule is CC1(C)C(CC(=O)/C(=N\OCCOc2ccc3c(N)cccc3c2)c2nsc(N)n2)C(=O)N1OS(=O)(=O)O. The number of carbonyl (C=O) groups excluding carboxylic acids is 2. The Hall–Kier alpha value is -3.86. The number of nitrogen functional groups attached to an aromatic ring is 2. The predicted molar refractivity (Wildman–Crippen MR) is 137 cm³/mol. The summed E-state index contributed by atoms with van der Waals surface area (Å²) in [5.41, 5.74) is 10.8. The third kappa shape index (κ3) is 5.83. The maximum Gasteiger partial charge on any atom is 0.418 e. The van der Waals surface area contributed by atoms with Gasteiger partial charge in [0.1, 0.15) is 12.4 Å². The number of aromatic nitrogens is 2. The number of oxime groups is 1. The van der Waals surface area contributed by atoms with Crippen LogP contribution in [0.1, 0.15) is 26.1 Å². The van der Waals surface area contributed by atoms with E-state index < -0.39 is 33.5 Å². The van der Waals surface area contributed by atoms with E-state index >= 15 is 0 Å². The topological polar surface area (TPSA) is 210 Å². The number of Topliss-reactive ketones (excluding diaryl/α,β-unsaturated/α-hetero) is 1. The van der Waals surface area contributed by atoms with Crippen LogP contribution in [0.4, 0.5) is 10.8 Å². The lowest BCUT2D eigenvalue weighted by atomic mass is 9.75. The van der Waals surface area contributed by atoms with Crippen molar-refractivity contribution in [3.63, 3.8) is 0 Å². The van der Waals surface area contributed by atoms with E-state index in [2.05, 4.69) is 18.8 Å². The van der Waals surface area contributed by atoms with Gasteiger partial charge >= 0.3 is 10.4 Å². The van der Waals surface area contributed by atoms with E-state index in [-0.39, 0.29) is 36.3 Å². The summed E-state index contributed by atoms with van der Waals surface area (Å²) in [5.74, 6) is -1.92. The smallest absolute Gasteiger partial charge is 0.418 e. The first kappa shape index (κ1) is 27.2. The molecule has 1 aromatic heterocycles. The molecular weight excluding hydrogens is 540 g/mol. The molecule has 1 aliphatic rings. The van der Waals surface area contributed by atoms with Crippen LogP contribution < -0.4 is 16.2 Å². The van der Waals surface area contributed by atoms with Crippen LogP contribution in [0.15, 0.2) is 41.6 Å². The molecule has 4 rings (SSSR count). The molecule has 0 radical (unpaired) electrons. The van der Waals surface area contributed by atoms with Gasteiger partial charge < -0.3 is 21.0 Å². The van der Waals surface area contributed by atoms with Crippen LogP contribution in [0.5, 0.6) is 5.75 Å². The van der Waals surface area contributed by atoms with E-state index in [1.165, 1.54) is 13.8 Å². The van der Waals surface area contributed by atoms with Crippen LogP contribution in [0, 0.1) is 5.92 Å². The molecule has 202 valence electrons. The largest absolute Gasteiger partial charge is 0.490 e. The van der Waals surface area contributed by atoms with Crippen LogP contribution >= 0.6 is 11.5 Å². The highest BCUT2D eigenvalue weighted by Crippen LogP contribution is 2.40. The number of carbonyl (C=O) groups is 2. The first-order chi connectivity index (χ1) is 17.9. The van der Waals surface area contributed by atoms with Crippen LogP contribution in [0.3, 0.4) is 0 Å². The minimum Gasteiger partial charge on any atom is -0.490 e. The Morgan fingerprint density at radius 3 is 2.66 bits per heavy atom. The molecule has 1 unspecified atom stereocenters. The molecule has 1 fully saturated rings. The monoisotopic (exact) mass is 564 g/mol. The molecule has 5 N–H and O–H groups in total. The fourth-order valence-corrected chi connectivity index (χ4v) is 4.77. The Bertz CT molecular complexity index is 1520.